The van der Waals surface area contributed by atoms with Crippen molar-refractivity contribution < 1.29 is 0 Å². The molecule has 102 valence electrons. The molecule has 1 N–H and O–H groups in total. The number of benzene rings is 2. The zero-order chi connectivity index (χ0) is 13.9. The van der Waals surface area contributed by atoms with E-state index < -0.39 is 0 Å². The van der Waals surface area contributed by atoms with E-state index in [9.17, 15) is 0 Å². The Morgan fingerprint density at radius 1 is 1.10 bits per heavy atom. The maximum atomic E-state index is 5.91. The third-order valence-corrected chi connectivity index (χ3v) is 3.62. The molecule has 3 nitrogen and oxygen atoms in total. The fourth-order valence-electron chi connectivity index (χ4n) is 2.23. The maximum Gasteiger partial charge on any atom is 0.135 e. The van der Waals surface area contributed by atoms with Crippen LogP contribution in [0.15, 0.2) is 53.6 Å². The van der Waals surface area contributed by atoms with Gasteiger partial charge in [0.05, 0.1) is 0 Å². The largest absolute Gasteiger partial charge is 0.309 e. The summed E-state index contributed by atoms with van der Waals surface area (Å²) in [6, 6.07) is 16.4. The topological polar surface area (TPSA) is 27.6 Å². The van der Waals surface area contributed by atoms with Gasteiger partial charge in [-0.25, -0.2) is 0 Å². The normalized spacial score (nSPS) is 14.1. The van der Waals surface area contributed by atoms with Crippen LogP contribution in [0.2, 0.25) is 5.02 Å². The number of hydrogen-bond donors (Lipinski definition) is 1. The summed E-state index contributed by atoms with van der Waals surface area (Å²) in [7, 11) is 0. The number of halogens is 1. The van der Waals surface area contributed by atoms with Gasteiger partial charge in [-0.1, -0.05) is 41.4 Å². The first-order valence-electron chi connectivity index (χ1n) is 6.60. The van der Waals surface area contributed by atoms with Gasteiger partial charge in [0.25, 0.3) is 0 Å². The molecule has 3 rings (SSSR count). The molecule has 20 heavy (non-hydrogen) atoms. The van der Waals surface area contributed by atoms with Crippen LogP contribution in [0.5, 0.6) is 0 Å². The average Bonchev–Trinajstić information content (AvgIpc) is 2.90. The Labute approximate surface area is 123 Å². The van der Waals surface area contributed by atoms with E-state index in [1.165, 1.54) is 11.1 Å². The van der Waals surface area contributed by atoms with E-state index in [-0.39, 0.29) is 0 Å². The van der Waals surface area contributed by atoms with Gasteiger partial charge in [-0.2, -0.15) is 5.10 Å². The number of amidine groups is 1. The second-order valence-electron chi connectivity index (χ2n) is 4.91. The van der Waals surface area contributed by atoms with Crippen LogP contribution in [-0.2, 0) is 6.42 Å². The van der Waals surface area contributed by atoms with Crippen molar-refractivity contribution in [2.45, 2.75) is 13.3 Å². The van der Waals surface area contributed by atoms with Gasteiger partial charge in [0.2, 0.25) is 0 Å². The van der Waals surface area contributed by atoms with Crippen LogP contribution in [0.25, 0.3) is 0 Å². The average molecular weight is 286 g/mol. The second-order valence-corrected chi connectivity index (χ2v) is 5.35. The van der Waals surface area contributed by atoms with Crippen molar-refractivity contribution in [1.29, 1.82) is 0 Å². The smallest absolute Gasteiger partial charge is 0.135 e. The number of hydrogen-bond acceptors (Lipinski definition) is 3. The Bertz CT molecular complexity index is 617. The van der Waals surface area contributed by atoms with E-state index in [2.05, 4.69) is 46.6 Å². The summed E-state index contributed by atoms with van der Waals surface area (Å²) in [6.07, 6.45) is 0.790. The van der Waals surface area contributed by atoms with Gasteiger partial charge >= 0.3 is 0 Å². The lowest BCUT2D eigenvalue weighted by atomic mass is 10.1. The fraction of sp³-hybridized carbons (Fsp3) is 0.188. The molecule has 0 radical (unpaired) electrons. The Balaban J connectivity index is 1.78. The van der Waals surface area contributed by atoms with Crippen molar-refractivity contribution in [3.63, 3.8) is 0 Å². The van der Waals surface area contributed by atoms with Crippen molar-refractivity contribution in [2.24, 2.45) is 5.10 Å². The third-order valence-electron chi connectivity index (χ3n) is 3.37. The molecule has 2 aromatic carbocycles. The van der Waals surface area contributed by atoms with Crippen molar-refractivity contribution in [1.82, 2.24) is 5.43 Å². The van der Waals surface area contributed by atoms with Crippen molar-refractivity contribution in [3.05, 3.63) is 64.7 Å². The molecule has 0 aliphatic carbocycles. The van der Waals surface area contributed by atoms with E-state index in [0.29, 0.717) is 6.67 Å². The zero-order valence-electron chi connectivity index (χ0n) is 11.3. The van der Waals surface area contributed by atoms with Gasteiger partial charge < -0.3 is 4.90 Å². The van der Waals surface area contributed by atoms with Crippen LogP contribution in [-0.4, -0.2) is 12.5 Å². The molecule has 0 amide bonds. The van der Waals surface area contributed by atoms with Crippen LogP contribution in [0.4, 0.5) is 5.69 Å². The van der Waals surface area contributed by atoms with Gasteiger partial charge in [0.15, 0.2) is 0 Å². The Morgan fingerprint density at radius 2 is 1.80 bits per heavy atom. The Kier molecular flexibility index (Phi) is 3.61. The molecule has 0 saturated carbocycles. The van der Waals surface area contributed by atoms with E-state index in [4.69, 9.17) is 11.6 Å². The molecule has 0 spiro atoms. The number of aryl methyl sites for hydroxylation is 1. The number of nitrogens with zero attached hydrogens (tertiary/aromatic N) is 2. The molecule has 2 aromatic rings. The summed E-state index contributed by atoms with van der Waals surface area (Å²) in [5.74, 6) is 1.02. The predicted octanol–water partition coefficient (Wildman–Crippen LogP) is 3.57. The molecule has 1 aliphatic rings. The van der Waals surface area contributed by atoms with Crippen molar-refractivity contribution in [3.8, 4) is 0 Å². The lowest BCUT2D eigenvalue weighted by molar-refractivity contribution is 0.807. The van der Waals surface area contributed by atoms with Crippen molar-refractivity contribution in [2.75, 3.05) is 11.6 Å². The Morgan fingerprint density at radius 3 is 2.50 bits per heavy atom. The molecule has 0 fully saturated rings. The number of anilines is 1. The third kappa shape index (κ3) is 2.78. The quantitative estimate of drug-likeness (QED) is 0.933. The van der Waals surface area contributed by atoms with Crippen LogP contribution < -0.4 is 10.3 Å². The highest BCUT2D eigenvalue weighted by Crippen LogP contribution is 2.19. The van der Waals surface area contributed by atoms with E-state index in [1.54, 1.807) is 0 Å². The number of nitrogens with one attached hydrogen (secondary N) is 1. The molecule has 1 heterocycles. The van der Waals surface area contributed by atoms with Crippen LogP contribution in [0.1, 0.15) is 11.1 Å². The SMILES string of the molecule is Cc1ccc(N2CNN=C2Cc2ccc(Cl)cc2)cc1. The maximum absolute atomic E-state index is 5.91. The number of hydrazone groups is 1. The summed E-state index contributed by atoms with van der Waals surface area (Å²) in [6.45, 7) is 2.81. The van der Waals surface area contributed by atoms with Gasteiger partial charge in [-0.3, -0.25) is 5.43 Å². The van der Waals surface area contributed by atoms with Crippen molar-refractivity contribution >= 4 is 23.1 Å². The minimum absolute atomic E-state index is 0.714. The monoisotopic (exact) mass is 285 g/mol. The molecule has 0 bridgehead atoms. The lowest BCUT2D eigenvalue weighted by Crippen LogP contribution is -2.30. The molecular formula is C16H16ClN3. The fourth-order valence-corrected chi connectivity index (χ4v) is 2.36. The standard InChI is InChI=1S/C16H16ClN3/c1-12-2-8-15(9-3-12)20-11-18-19-16(20)10-13-4-6-14(17)7-5-13/h2-9,18H,10-11H2,1H3. The van der Waals surface area contributed by atoms with E-state index in [0.717, 1.165) is 23.0 Å². The van der Waals surface area contributed by atoms with Crippen LogP contribution in [0, 0.1) is 6.92 Å². The Hall–Kier alpha value is -2.00. The lowest BCUT2D eigenvalue weighted by Gasteiger charge is -2.19. The molecule has 0 atom stereocenters. The summed E-state index contributed by atoms with van der Waals surface area (Å²) in [5.41, 5.74) is 6.68. The zero-order valence-corrected chi connectivity index (χ0v) is 12.1. The van der Waals surface area contributed by atoms with Gasteiger partial charge in [0.1, 0.15) is 12.5 Å². The number of rotatable bonds is 3. The molecule has 4 heteroatoms. The second kappa shape index (κ2) is 5.55. The minimum atomic E-state index is 0.714. The summed E-state index contributed by atoms with van der Waals surface area (Å²) >= 11 is 5.91. The first kappa shape index (κ1) is 13.0. The molecule has 0 aromatic heterocycles. The van der Waals surface area contributed by atoms with Gasteiger partial charge in [-0.05, 0) is 36.8 Å². The highest BCUT2D eigenvalue weighted by molar-refractivity contribution is 6.30. The van der Waals surface area contributed by atoms with E-state index in [1.807, 2.05) is 24.3 Å². The van der Waals surface area contributed by atoms with Crippen LogP contribution in [0.3, 0.4) is 0 Å². The van der Waals surface area contributed by atoms with E-state index >= 15 is 0 Å². The summed E-state index contributed by atoms with van der Waals surface area (Å²) in [5, 5.41) is 5.15. The molecule has 0 saturated heterocycles. The minimum Gasteiger partial charge on any atom is -0.309 e. The van der Waals surface area contributed by atoms with Gasteiger partial charge in [-0.15, -0.1) is 0 Å². The van der Waals surface area contributed by atoms with Crippen LogP contribution >= 0.6 is 11.6 Å². The molecule has 1 aliphatic heterocycles. The highest BCUT2D eigenvalue weighted by atomic mass is 35.5. The first-order valence-corrected chi connectivity index (χ1v) is 6.98. The van der Waals surface area contributed by atoms with Gasteiger partial charge in [0, 0.05) is 17.1 Å². The predicted molar refractivity (Wildman–Crippen MR) is 84.3 cm³/mol. The first-order chi connectivity index (χ1) is 9.72. The summed E-state index contributed by atoms with van der Waals surface area (Å²) in [4.78, 5) is 2.19. The molecular weight excluding hydrogens is 270 g/mol. The summed E-state index contributed by atoms with van der Waals surface area (Å²) < 4.78 is 0. The molecule has 0 unspecified atom stereocenters. The highest BCUT2D eigenvalue weighted by Gasteiger charge is 2.18.